The molecular weight excluding hydrogens is 416 g/mol. The van der Waals surface area contributed by atoms with E-state index < -0.39 is 22.5 Å². The highest BCUT2D eigenvalue weighted by atomic mass is 35.5. The summed E-state index contributed by atoms with van der Waals surface area (Å²) in [6, 6.07) is 14.1. The van der Waals surface area contributed by atoms with Crippen LogP contribution in [0.4, 0.5) is 5.69 Å². The molecule has 29 heavy (non-hydrogen) atoms. The van der Waals surface area contributed by atoms with Gasteiger partial charge in [0.05, 0.1) is 18.5 Å². The number of carbonyl (C=O) groups excluding carboxylic acids is 1. The van der Waals surface area contributed by atoms with Crippen LogP contribution in [0.1, 0.15) is 11.5 Å². The lowest BCUT2D eigenvalue weighted by atomic mass is 10.2. The van der Waals surface area contributed by atoms with E-state index in [0.29, 0.717) is 22.1 Å². The molecule has 1 heterocycles. The van der Waals surface area contributed by atoms with Crippen LogP contribution in [0.15, 0.2) is 53.1 Å². The maximum absolute atomic E-state index is 12.4. The van der Waals surface area contributed by atoms with Crippen LogP contribution >= 0.6 is 11.6 Å². The molecule has 0 aliphatic rings. The van der Waals surface area contributed by atoms with Gasteiger partial charge in [-0.05, 0) is 24.6 Å². The number of aromatic nitrogens is 2. The summed E-state index contributed by atoms with van der Waals surface area (Å²) >= 11 is 6.09. The van der Waals surface area contributed by atoms with Crippen molar-refractivity contribution in [3.05, 3.63) is 65.0 Å². The highest BCUT2D eigenvalue weighted by Gasteiger charge is 2.23. The fraction of sp³-hybridized carbons (Fsp3) is 0.211. The molecule has 0 fully saturated rings. The normalized spacial score (nSPS) is 11.3. The molecule has 2 aromatic carbocycles. The second-order valence-corrected chi connectivity index (χ2v) is 8.62. The Hall–Kier alpha value is -2.91. The molecule has 0 bridgehead atoms. The minimum atomic E-state index is -3.70. The van der Waals surface area contributed by atoms with Crippen LogP contribution in [0, 0.1) is 6.92 Å². The molecule has 0 radical (unpaired) electrons. The van der Waals surface area contributed by atoms with Crippen molar-refractivity contribution in [1.82, 2.24) is 15.5 Å². The van der Waals surface area contributed by atoms with Gasteiger partial charge in [-0.15, -0.1) is 0 Å². The molecule has 0 atom stereocenters. The monoisotopic (exact) mass is 434 g/mol. The van der Waals surface area contributed by atoms with Crippen LogP contribution in [0.5, 0.6) is 0 Å². The van der Waals surface area contributed by atoms with Crippen molar-refractivity contribution in [1.29, 1.82) is 0 Å². The van der Waals surface area contributed by atoms with Gasteiger partial charge in [0, 0.05) is 10.6 Å². The van der Waals surface area contributed by atoms with Gasteiger partial charge < -0.3 is 9.84 Å². The molecule has 152 valence electrons. The Morgan fingerprint density at radius 3 is 2.59 bits per heavy atom. The lowest BCUT2D eigenvalue weighted by Crippen LogP contribution is -2.40. The van der Waals surface area contributed by atoms with Crippen molar-refractivity contribution < 1.29 is 17.7 Å². The number of nitrogens with one attached hydrogen (secondary N) is 1. The van der Waals surface area contributed by atoms with Crippen LogP contribution in [-0.4, -0.2) is 37.3 Å². The largest absolute Gasteiger partial charge is 0.345 e. The maximum atomic E-state index is 12.4. The number of nitrogens with zero attached hydrogens (tertiary/aromatic N) is 3. The average Bonchev–Trinajstić information content (AvgIpc) is 3.16. The number of anilines is 1. The van der Waals surface area contributed by atoms with Crippen molar-refractivity contribution in [3.63, 3.8) is 0 Å². The molecule has 1 aromatic heterocycles. The van der Waals surface area contributed by atoms with Gasteiger partial charge >= 0.3 is 0 Å². The van der Waals surface area contributed by atoms with Gasteiger partial charge in [-0.3, -0.25) is 9.10 Å². The number of hydrogen-bond donors (Lipinski definition) is 1. The van der Waals surface area contributed by atoms with E-state index in [1.54, 1.807) is 25.1 Å². The topological polar surface area (TPSA) is 105 Å². The molecule has 0 spiro atoms. The first-order valence-electron chi connectivity index (χ1n) is 8.63. The summed E-state index contributed by atoms with van der Waals surface area (Å²) in [7, 11) is -3.70. The van der Waals surface area contributed by atoms with E-state index >= 15 is 0 Å². The number of benzene rings is 2. The predicted molar refractivity (Wildman–Crippen MR) is 110 cm³/mol. The molecule has 1 N–H and O–H groups in total. The molecule has 3 aromatic rings. The first kappa shape index (κ1) is 20.8. The zero-order valence-electron chi connectivity index (χ0n) is 15.8. The van der Waals surface area contributed by atoms with E-state index in [9.17, 15) is 13.2 Å². The first-order chi connectivity index (χ1) is 13.8. The van der Waals surface area contributed by atoms with E-state index in [4.69, 9.17) is 16.1 Å². The van der Waals surface area contributed by atoms with Crippen LogP contribution < -0.4 is 9.62 Å². The van der Waals surface area contributed by atoms with Crippen LogP contribution in [0.2, 0.25) is 5.02 Å². The highest BCUT2D eigenvalue weighted by molar-refractivity contribution is 7.92. The lowest BCUT2D eigenvalue weighted by Gasteiger charge is -2.23. The van der Waals surface area contributed by atoms with Gasteiger partial charge in [-0.25, -0.2) is 8.42 Å². The minimum absolute atomic E-state index is 0.0230. The SMILES string of the molecule is Cc1c(Cl)cccc1N(CC(=O)NCc1nc(-c2ccccc2)no1)S(C)(=O)=O. The van der Waals surface area contributed by atoms with Crippen LogP contribution in [0.25, 0.3) is 11.4 Å². The molecule has 8 nitrogen and oxygen atoms in total. The van der Waals surface area contributed by atoms with Crippen molar-refractivity contribution in [2.75, 3.05) is 17.1 Å². The smallest absolute Gasteiger partial charge is 0.246 e. The molecule has 10 heteroatoms. The zero-order chi connectivity index (χ0) is 21.0. The van der Waals surface area contributed by atoms with Crippen molar-refractivity contribution in [3.8, 4) is 11.4 Å². The summed E-state index contributed by atoms with van der Waals surface area (Å²) < 4.78 is 30.6. The zero-order valence-corrected chi connectivity index (χ0v) is 17.4. The summed E-state index contributed by atoms with van der Waals surface area (Å²) in [6.45, 7) is 1.27. The van der Waals surface area contributed by atoms with E-state index in [1.807, 2.05) is 30.3 Å². The molecule has 0 saturated carbocycles. The van der Waals surface area contributed by atoms with Gasteiger partial charge in [0.15, 0.2) is 0 Å². The predicted octanol–water partition coefficient (Wildman–Crippen LogP) is 2.78. The number of rotatable bonds is 7. The van der Waals surface area contributed by atoms with E-state index in [0.717, 1.165) is 16.1 Å². The summed E-state index contributed by atoms with van der Waals surface area (Å²) in [6.07, 6.45) is 1.03. The van der Waals surface area contributed by atoms with Crippen molar-refractivity contribution in [2.45, 2.75) is 13.5 Å². The molecule has 1 amide bonds. The Balaban J connectivity index is 1.69. The Morgan fingerprint density at radius 2 is 1.90 bits per heavy atom. The third kappa shape index (κ3) is 5.12. The third-order valence-corrected chi connectivity index (χ3v) is 5.67. The number of carbonyl (C=O) groups is 1. The summed E-state index contributed by atoms with van der Waals surface area (Å²) in [5.41, 5.74) is 1.70. The quantitative estimate of drug-likeness (QED) is 0.613. The Kier molecular flexibility index (Phi) is 6.19. The van der Waals surface area contributed by atoms with Gasteiger partial charge in [0.2, 0.25) is 27.6 Å². The number of halogens is 1. The molecule has 3 rings (SSSR count). The molecular formula is C19H19ClN4O4S. The average molecular weight is 435 g/mol. The molecule has 0 aliphatic heterocycles. The standard InChI is InChI=1S/C19H19ClN4O4S/c1-13-15(20)9-6-10-16(13)24(29(2,26)27)12-17(25)21-11-18-22-19(23-28-18)14-7-4-3-5-8-14/h3-10H,11-12H2,1-2H3,(H,21,25). The number of amides is 1. The Labute approximate surface area is 173 Å². The first-order valence-corrected chi connectivity index (χ1v) is 10.9. The molecule has 0 unspecified atom stereocenters. The van der Waals surface area contributed by atoms with Crippen molar-refractivity contribution in [2.24, 2.45) is 0 Å². The van der Waals surface area contributed by atoms with E-state index in [-0.39, 0.29) is 12.4 Å². The lowest BCUT2D eigenvalue weighted by molar-refractivity contribution is -0.119. The maximum Gasteiger partial charge on any atom is 0.246 e. The number of sulfonamides is 1. The fourth-order valence-corrected chi connectivity index (χ4v) is 3.72. The molecule has 0 saturated heterocycles. The van der Waals surface area contributed by atoms with Crippen LogP contribution in [0.3, 0.4) is 0 Å². The Bertz CT molecular complexity index is 1120. The Morgan fingerprint density at radius 1 is 1.17 bits per heavy atom. The van der Waals surface area contributed by atoms with E-state index in [1.165, 1.54) is 0 Å². The second kappa shape index (κ2) is 8.62. The third-order valence-electron chi connectivity index (χ3n) is 4.13. The van der Waals surface area contributed by atoms with Gasteiger partial charge in [0.25, 0.3) is 0 Å². The molecule has 0 aliphatic carbocycles. The highest BCUT2D eigenvalue weighted by Crippen LogP contribution is 2.28. The van der Waals surface area contributed by atoms with Gasteiger partial charge in [0.1, 0.15) is 6.54 Å². The van der Waals surface area contributed by atoms with E-state index in [2.05, 4.69) is 15.5 Å². The van der Waals surface area contributed by atoms with Gasteiger partial charge in [-0.1, -0.05) is 53.2 Å². The number of hydrogen-bond acceptors (Lipinski definition) is 6. The van der Waals surface area contributed by atoms with Crippen LogP contribution in [-0.2, 0) is 21.4 Å². The summed E-state index contributed by atoms with van der Waals surface area (Å²) in [5.74, 6) is 0.0958. The summed E-state index contributed by atoms with van der Waals surface area (Å²) in [5, 5.41) is 6.88. The minimum Gasteiger partial charge on any atom is -0.345 e. The van der Waals surface area contributed by atoms with Gasteiger partial charge in [-0.2, -0.15) is 4.98 Å². The fourth-order valence-electron chi connectivity index (χ4n) is 2.64. The second-order valence-electron chi connectivity index (χ2n) is 6.31. The summed E-state index contributed by atoms with van der Waals surface area (Å²) in [4.78, 5) is 16.6. The van der Waals surface area contributed by atoms with Crippen molar-refractivity contribution >= 4 is 33.2 Å².